The van der Waals surface area contributed by atoms with Crippen molar-refractivity contribution in [1.82, 2.24) is 10.6 Å². The molecule has 1 aliphatic heterocycles. The van der Waals surface area contributed by atoms with Gasteiger partial charge in [0.1, 0.15) is 0 Å². The largest absolute Gasteiger partial charge is 0.352 e. The van der Waals surface area contributed by atoms with Crippen LogP contribution in [0.4, 0.5) is 0 Å². The molecule has 112 valence electrons. The summed E-state index contributed by atoms with van der Waals surface area (Å²) in [5.74, 6) is 2.67. The van der Waals surface area contributed by atoms with Crippen LogP contribution in [0, 0.1) is 17.8 Å². The Morgan fingerprint density at radius 2 is 2.10 bits per heavy atom. The topological polar surface area (TPSA) is 41.1 Å². The van der Waals surface area contributed by atoms with E-state index in [-0.39, 0.29) is 5.91 Å². The molecule has 1 amide bonds. The fourth-order valence-electron chi connectivity index (χ4n) is 4.60. The van der Waals surface area contributed by atoms with E-state index in [1.807, 2.05) is 0 Å². The van der Waals surface area contributed by atoms with Crippen LogP contribution in [0.2, 0.25) is 0 Å². The number of rotatable bonds is 4. The predicted octanol–water partition coefficient (Wildman–Crippen LogP) is 2.73. The van der Waals surface area contributed by atoms with Gasteiger partial charge in [0.05, 0.1) is 0 Å². The van der Waals surface area contributed by atoms with Crippen LogP contribution in [0.3, 0.4) is 0 Å². The number of carbonyl (C=O) groups is 1. The van der Waals surface area contributed by atoms with Crippen LogP contribution in [0.25, 0.3) is 0 Å². The monoisotopic (exact) mass is 284 g/mol. The Morgan fingerprint density at radius 3 is 2.90 bits per heavy atom. The van der Waals surface area contributed by atoms with Gasteiger partial charge in [-0.3, -0.25) is 4.79 Å². The average molecular weight is 284 g/mol. The van der Waals surface area contributed by atoms with Crippen LogP contribution in [0.15, 0.2) is 18.2 Å². The Balaban J connectivity index is 1.29. The third-order valence-corrected chi connectivity index (χ3v) is 5.72. The van der Waals surface area contributed by atoms with E-state index in [1.54, 1.807) is 0 Å². The van der Waals surface area contributed by atoms with E-state index in [1.165, 1.54) is 42.4 Å². The van der Waals surface area contributed by atoms with Crippen molar-refractivity contribution in [3.8, 4) is 0 Å². The van der Waals surface area contributed by atoms with E-state index < -0.39 is 0 Å². The lowest BCUT2D eigenvalue weighted by Gasteiger charge is -2.20. The molecule has 1 aromatic carbocycles. The normalized spacial score (nSPS) is 29.6. The zero-order chi connectivity index (χ0) is 14.2. The van der Waals surface area contributed by atoms with Crippen molar-refractivity contribution in [2.45, 2.75) is 51.7 Å². The molecule has 3 nitrogen and oxygen atoms in total. The molecular formula is C18H24N2O. The summed E-state index contributed by atoms with van der Waals surface area (Å²) in [5.41, 5.74) is 4.00. The van der Waals surface area contributed by atoms with E-state index >= 15 is 0 Å². The smallest absolute Gasteiger partial charge is 0.220 e. The van der Waals surface area contributed by atoms with Crippen LogP contribution in [-0.4, -0.2) is 5.91 Å². The molecule has 4 rings (SSSR count). The van der Waals surface area contributed by atoms with E-state index in [0.29, 0.717) is 12.5 Å². The minimum Gasteiger partial charge on any atom is -0.352 e. The summed E-state index contributed by atoms with van der Waals surface area (Å²) < 4.78 is 0. The molecule has 2 bridgehead atoms. The van der Waals surface area contributed by atoms with Gasteiger partial charge in [0.15, 0.2) is 0 Å². The number of benzene rings is 1. The van der Waals surface area contributed by atoms with Crippen molar-refractivity contribution in [1.29, 1.82) is 0 Å². The summed E-state index contributed by atoms with van der Waals surface area (Å²) in [4.78, 5) is 12.2. The minimum absolute atomic E-state index is 0.242. The number of nitrogens with one attached hydrogen (secondary N) is 2. The maximum atomic E-state index is 12.2. The van der Waals surface area contributed by atoms with Gasteiger partial charge in [0.25, 0.3) is 0 Å². The molecule has 0 radical (unpaired) electrons. The molecular weight excluding hydrogens is 260 g/mol. The molecule has 1 heterocycles. The standard InChI is InChI=1S/C18H24N2O/c21-18(8-16-6-12-1-3-14(16)5-12)20-9-13-2-4-15-10-19-11-17(15)7-13/h2,4,7,12,14,16,19H,1,3,5-6,8-11H2,(H,20,21). The summed E-state index contributed by atoms with van der Waals surface area (Å²) in [6, 6.07) is 6.56. The molecule has 2 aliphatic carbocycles. The molecule has 3 heteroatoms. The van der Waals surface area contributed by atoms with Gasteiger partial charge in [0, 0.05) is 26.1 Å². The third-order valence-electron chi connectivity index (χ3n) is 5.72. The molecule has 0 saturated heterocycles. The highest BCUT2D eigenvalue weighted by molar-refractivity contribution is 5.76. The van der Waals surface area contributed by atoms with Crippen molar-refractivity contribution in [2.24, 2.45) is 17.8 Å². The van der Waals surface area contributed by atoms with E-state index in [2.05, 4.69) is 28.8 Å². The van der Waals surface area contributed by atoms with Gasteiger partial charge in [-0.25, -0.2) is 0 Å². The maximum Gasteiger partial charge on any atom is 0.220 e. The van der Waals surface area contributed by atoms with Crippen molar-refractivity contribution < 1.29 is 4.79 Å². The Kier molecular flexibility index (Phi) is 3.46. The van der Waals surface area contributed by atoms with Gasteiger partial charge in [-0.1, -0.05) is 24.6 Å². The first-order valence-corrected chi connectivity index (χ1v) is 8.36. The van der Waals surface area contributed by atoms with Crippen LogP contribution in [0.1, 0.15) is 48.8 Å². The van der Waals surface area contributed by atoms with Gasteiger partial charge >= 0.3 is 0 Å². The van der Waals surface area contributed by atoms with Crippen LogP contribution in [-0.2, 0) is 24.4 Å². The van der Waals surface area contributed by atoms with Gasteiger partial charge in [-0.2, -0.15) is 0 Å². The molecule has 3 atom stereocenters. The lowest BCUT2D eigenvalue weighted by atomic mass is 9.86. The van der Waals surface area contributed by atoms with Crippen molar-refractivity contribution in [3.63, 3.8) is 0 Å². The highest BCUT2D eigenvalue weighted by Crippen LogP contribution is 2.49. The van der Waals surface area contributed by atoms with Gasteiger partial charge in [-0.15, -0.1) is 0 Å². The van der Waals surface area contributed by atoms with E-state index in [4.69, 9.17) is 0 Å². The van der Waals surface area contributed by atoms with Crippen LogP contribution in [0.5, 0.6) is 0 Å². The summed E-state index contributed by atoms with van der Waals surface area (Å²) in [6.07, 6.45) is 6.19. The number of amides is 1. The second-order valence-electron chi connectivity index (χ2n) is 7.12. The lowest BCUT2D eigenvalue weighted by Crippen LogP contribution is -2.26. The van der Waals surface area contributed by atoms with Gasteiger partial charge < -0.3 is 10.6 Å². The SMILES string of the molecule is O=C(CC1CC2CCC1C2)NCc1ccc2c(c1)CNC2. The summed E-state index contributed by atoms with van der Waals surface area (Å²) in [6.45, 7) is 2.61. The number of fused-ring (bicyclic) bond motifs is 3. The third kappa shape index (κ3) is 2.71. The van der Waals surface area contributed by atoms with Crippen molar-refractivity contribution >= 4 is 5.91 Å². The van der Waals surface area contributed by atoms with Crippen molar-refractivity contribution in [3.05, 3.63) is 34.9 Å². The summed E-state index contributed by atoms with van der Waals surface area (Å²) >= 11 is 0. The molecule has 0 spiro atoms. The van der Waals surface area contributed by atoms with Gasteiger partial charge in [0.2, 0.25) is 5.91 Å². The molecule has 2 fully saturated rings. The Labute approximate surface area is 126 Å². The highest BCUT2D eigenvalue weighted by Gasteiger charge is 2.39. The molecule has 21 heavy (non-hydrogen) atoms. The fraction of sp³-hybridized carbons (Fsp3) is 0.611. The summed E-state index contributed by atoms with van der Waals surface area (Å²) in [7, 11) is 0. The molecule has 1 aromatic rings. The first-order chi connectivity index (χ1) is 10.3. The second-order valence-corrected chi connectivity index (χ2v) is 7.12. The van der Waals surface area contributed by atoms with E-state index in [9.17, 15) is 4.79 Å². The molecule has 0 aromatic heterocycles. The van der Waals surface area contributed by atoms with E-state index in [0.717, 1.165) is 31.3 Å². The molecule has 2 saturated carbocycles. The minimum atomic E-state index is 0.242. The second kappa shape index (κ2) is 5.45. The summed E-state index contributed by atoms with van der Waals surface area (Å²) in [5, 5.41) is 6.47. The predicted molar refractivity (Wildman–Crippen MR) is 82.4 cm³/mol. The number of carbonyl (C=O) groups excluding carboxylic acids is 1. The first-order valence-electron chi connectivity index (χ1n) is 8.36. The van der Waals surface area contributed by atoms with Crippen molar-refractivity contribution in [2.75, 3.05) is 0 Å². The number of hydrogen-bond donors (Lipinski definition) is 2. The Hall–Kier alpha value is -1.35. The average Bonchev–Trinajstić information content (AvgIpc) is 3.20. The zero-order valence-electron chi connectivity index (χ0n) is 12.5. The van der Waals surface area contributed by atoms with Gasteiger partial charge in [-0.05, 0) is 53.7 Å². The molecule has 3 unspecified atom stereocenters. The first kappa shape index (κ1) is 13.3. The Morgan fingerprint density at radius 1 is 1.19 bits per heavy atom. The maximum absolute atomic E-state index is 12.2. The zero-order valence-corrected chi connectivity index (χ0v) is 12.5. The quantitative estimate of drug-likeness (QED) is 0.892. The molecule has 2 N–H and O–H groups in total. The van der Waals surface area contributed by atoms with Crippen LogP contribution >= 0.6 is 0 Å². The lowest BCUT2D eigenvalue weighted by molar-refractivity contribution is -0.122. The van der Waals surface area contributed by atoms with Crippen LogP contribution < -0.4 is 10.6 Å². The Bertz CT molecular complexity index is 554. The molecule has 3 aliphatic rings. The highest BCUT2D eigenvalue weighted by atomic mass is 16.1. The fourth-order valence-corrected chi connectivity index (χ4v) is 4.60. The number of hydrogen-bond acceptors (Lipinski definition) is 2.